The van der Waals surface area contributed by atoms with E-state index in [9.17, 15) is 9.59 Å². The number of ether oxygens (including phenoxy) is 1. The van der Waals surface area contributed by atoms with Gasteiger partial charge in [0.15, 0.2) is 6.61 Å². The summed E-state index contributed by atoms with van der Waals surface area (Å²) in [5.74, 6) is 0.225. The number of rotatable bonds is 6. The van der Waals surface area contributed by atoms with Crippen molar-refractivity contribution in [3.63, 3.8) is 0 Å². The first-order valence-electron chi connectivity index (χ1n) is 7.62. The number of nitrogens with one attached hydrogen (secondary N) is 1. The lowest BCUT2D eigenvalue weighted by Crippen LogP contribution is -2.44. The van der Waals surface area contributed by atoms with Crippen molar-refractivity contribution in [2.24, 2.45) is 17.4 Å². The van der Waals surface area contributed by atoms with E-state index in [1.165, 1.54) is 6.42 Å². The number of nitrogens with two attached hydrogens (primary N) is 2. The van der Waals surface area contributed by atoms with Crippen molar-refractivity contribution in [1.82, 2.24) is 5.32 Å². The molecule has 2 atom stereocenters. The van der Waals surface area contributed by atoms with Crippen LogP contribution < -0.4 is 21.5 Å². The molecule has 0 spiro atoms. The lowest BCUT2D eigenvalue weighted by molar-refractivity contribution is -0.119. The summed E-state index contributed by atoms with van der Waals surface area (Å²) in [6.07, 6.45) is 4.36. The number of hydrogen-bond acceptors (Lipinski definition) is 4. The predicted octanol–water partition coefficient (Wildman–Crippen LogP) is 0.798. The van der Waals surface area contributed by atoms with Gasteiger partial charge in [0, 0.05) is 11.6 Å². The van der Waals surface area contributed by atoms with Crippen LogP contribution >= 0.6 is 0 Å². The number of carbonyl (C=O) groups is 2. The predicted molar refractivity (Wildman–Crippen MR) is 83.4 cm³/mol. The first-order valence-corrected chi connectivity index (χ1v) is 7.62. The molecule has 1 aromatic carbocycles. The Hall–Kier alpha value is -2.08. The average Bonchev–Trinajstić information content (AvgIpc) is 2.54. The number of hydrogen-bond donors (Lipinski definition) is 3. The molecule has 0 heterocycles. The Morgan fingerprint density at radius 3 is 2.50 bits per heavy atom. The van der Waals surface area contributed by atoms with E-state index in [2.05, 4.69) is 5.32 Å². The van der Waals surface area contributed by atoms with Crippen molar-refractivity contribution >= 4 is 11.8 Å². The average molecular weight is 305 g/mol. The van der Waals surface area contributed by atoms with Gasteiger partial charge in [-0.1, -0.05) is 12.8 Å². The van der Waals surface area contributed by atoms with E-state index in [0.717, 1.165) is 19.3 Å². The molecule has 1 aliphatic rings. The van der Waals surface area contributed by atoms with Crippen molar-refractivity contribution in [2.45, 2.75) is 31.7 Å². The smallest absolute Gasteiger partial charge is 0.255 e. The Labute approximate surface area is 130 Å². The third-order valence-corrected chi connectivity index (χ3v) is 4.03. The van der Waals surface area contributed by atoms with Crippen LogP contribution in [0.2, 0.25) is 0 Å². The zero-order valence-corrected chi connectivity index (χ0v) is 12.6. The lowest BCUT2D eigenvalue weighted by atomic mass is 9.84. The van der Waals surface area contributed by atoms with Gasteiger partial charge in [-0.05, 0) is 49.6 Å². The van der Waals surface area contributed by atoms with Crippen LogP contribution in [-0.2, 0) is 4.79 Å². The van der Waals surface area contributed by atoms with Crippen LogP contribution in [0.4, 0.5) is 0 Å². The quantitative estimate of drug-likeness (QED) is 0.722. The van der Waals surface area contributed by atoms with Crippen molar-refractivity contribution < 1.29 is 14.3 Å². The zero-order chi connectivity index (χ0) is 15.9. The van der Waals surface area contributed by atoms with Crippen LogP contribution in [-0.4, -0.2) is 31.0 Å². The molecule has 1 aromatic rings. The topological polar surface area (TPSA) is 107 Å². The van der Waals surface area contributed by atoms with Crippen molar-refractivity contribution in [2.75, 3.05) is 13.2 Å². The zero-order valence-electron chi connectivity index (χ0n) is 12.6. The fourth-order valence-electron chi connectivity index (χ4n) is 2.79. The second-order valence-electron chi connectivity index (χ2n) is 5.64. The van der Waals surface area contributed by atoms with Gasteiger partial charge in [-0.15, -0.1) is 0 Å². The molecular weight excluding hydrogens is 282 g/mol. The van der Waals surface area contributed by atoms with Crippen LogP contribution in [0.3, 0.4) is 0 Å². The summed E-state index contributed by atoms with van der Waals surface area (Å²) >= 11 is 0. The number of benzene rings is 1. The largest absolute Gasteiger partial charge is 0.484 e. The van der Waals surface area contributed by atoms with E-state index in [4.69, 9.17) is 16.2 Å². The highest BCUT2D eigenvalue weighted by molar-refractivity contribution is 5.94. The summed E-state index contributed by atoms with van der Waals surface area (Å²) in [6.45, 7) is 0.427. The van der Waals surface area contributed by atoms with Crippen LogP contribution in [0.1, 0.15) is 36.0 Å². The summed E-state index contributed by atoms with van der Waals surface area (Å²) < 4.78 is 5.16. The maximum absolute atomic E-state index is 12.3. The second-order valence-corrected chi connectivity index (χ2v) is 5.64. The highest BCUT2D eigenvalue weighted by Crippen LogP contribution is 2.24. The van der Waals surface area contributed by atoms with Crippen molar-refractivity contribution in [1.29, 1.82) is 0 Å². The number of amides is 2. The molecule has 0 aliphatic heterocycles. The molecule has 5 N–H and O–H groups in total. The molecule has 120 valence electrons. The van der Waals surface area contributed by atoms with Crippen LogP contribution in [0, 0.1) is 5.92 Å². The Morgan fingerprint density at radius 2 is 1.86 bits per heavy atom. The second kappa shape index (κ2) is 7.79. The van der Waals surface area contributed by atoms with E-state index in [-0.39, 0.29) is 18.6 Å². The highest BCUT2D eigenvalue weighted by atomic mass is 16.5. The van der Waals surface area contributed by atoms with E-state index in [1.807, 2.05) is 0 Å². The molecule has 6 heteroatoms. The SMILES string of the molecule is NCC1CCCCC1NC(=O)c1ccc(OCC(N)=O)cc1. The van der Waals surface area contributed by atoms with Crippen LogP contribution in [0.15, 0.2) is 24.3 Å². The van der Waals surface area contributed by atoms with Gasteiger partial charge >= 0.3 is 0 Å². The van der Waals surface area contributed by atoms with Gasteiger partial charge in [-0.2, -0.15) is 0 Å². The Balaban J connectivity index is 1.93. The Bertz CT molecular complexity index is 516. The molecule has 1 saturated carbocycles. The van der Waals surface area contributed by atoms with Gasteiger partial charge in [0.1, 0.15) is 5.75 Å². The fraction of sp³-hybridized carbons (Fsp3) is 0.500. The van der Waals surface area contributed by atoms with E-state index in [0.29, 0.717) is 23.8 Å². The molecule has 0 radical (unpaired) electrons. The van der Waals surface area contributed by atoms with Gasteiger partial charge in [0.05, 0.1) is 0 Å². The molecule has 0 saturated heterocycles. The highest BCUT2D eigenvalue weighted by Gasteiger charge is 2.25. The molecule has 0 bridgehead atoms. The first-order chi connectivity index (χ1) is 10.6. The molecule has 6 nitrogen and oxygen atoms in total. The lowest BCUT2D eigenvalue weighted by Gasteiger charge is -2.31. The third-order valence-electron chi connectivity index (χ3n) is 4.03. The maximum atomic E-state index is 12.3. The first kappa shape index (κ1) is 16.3. The molecule has 2 rings (SSSR count). The van der Waals surface area contributed by atoms with Gasteiger partial charge < -0.3 is 21.5 Å². The molecule has 0 aromatic heterocycles. The molecular formula is C16H23N3O3. The van der Waals surface area contributed by atoms with Gasteiger partial charge in [-0.3, -0.25) is 9.59 Å². The van der Waals surface area contributed by atoms with Crippen LogP contribution in [0.5, 0.6) is 5.75 Å². The van der Waals surface area contributed by atoms with Crippen molar-refractivity contribution in [3.05, 3.63) is 29.8 Å². The molecule has 22 heavy (non-hydrogen) atoms. The monoisotopic (exact) mass is 305 g/mol. The van der Waals surface area contributed by atoms with Crippen molar-refractivity contribution in [3.8, 4) is 5.75 Å². The van der Waals surface area contributed by atoms with E-state index < -0.39 is 5.91 Å². The minimum Gasteiger partial charge on any atom is -0.484 e. The standard InChI is InChI=1S/C16H23N3O3/c17-9-12-3-1-2-4-14(12)19-16(21)11-5-7-13(8-6-11)22-10-15(18)20/h5-8,12,14H,1-4,9-10,17H2,(H2,18,20)(H,19,21). The Morgan fingerprint density at radius 1 is 1.18 bits per heavy atom. The summed E-state index contributed by atoms with van der Waals surface area (Å²) in [4.78, 5) is 22.9. The minimum absolute atomic E-state index is 0.105. The number of primary amides is 1. The molecule has 1 aliphatic carbocycles. The van der Waals surface area contributed by atoms with E-state index in [1.54, 1.807) is 24.3 Å². The summed E-state index contributed by atoms with van der Waals surface area (Å²) in [7, 11) is 0. The number of carbonyl (C=O) groups excluding carboxylic acids is 2. The minimum atomic E-state index is -0.535. The molecule has 1 fully saturated rings. The summed E-state index contributed by atoms with van der Waals surface area (Å²) in [5.41, 5.74) is 11.4. The normalized spacial score (nSPS) is 21.1. The molecule has 2 unspecified atom stereocenters. The van der Waals surface area contributed by atoms with Gasteiger partial charge in [0.25, 0.3) is 11.8 Å². The van der Waals surface area contributed by atoms with Gasteiger partial charge in [0.2, 0.25) is 0 Å². The molecule has 2 amide bonds. The Kier molecular flexibility index (Phi) is 5.77. The van der Waals surface area contributed by atoms with Crippen LogP contribution in [0.25, 0.3) is 0 Å². The fourth-order valence-corrected chi connectivity index (χ4v) is 2.79. The third kappa shape index (κ3) is 4.46. The van der Waals surface area contributed by atoms with E-state index >= 15 is 0 Å². The summed E-state index contributed by atoms with van der Waals surface area (Å²) in [6, 6.07) is 6.80. The summed E-state index contributed by atoms with van der Waals surface area (Å²) in [5, 5.41) is 3.07. The maximum Gasteiger partial charge on any atom is 0.255 e. The van der Waals surface area contributed by atoms with Gasteiger partial charge in [-0.25, -0.2) is 0 Å².